The molecular weight excluding hydrogens is 414 g/mol. The molecule has 0 saturated heterocycles. The van der Waals surface area contributed by atoms with E-state index in [1.54, 1.807) is 34.9 Å². The number of amides is 1. The van der Waals surface area contributed by atoms with Crippen molar-refractivity contribution >= 4 is 35.0 Å². The molecular formula is C23H25N3O4S. The number of carbonyl (C=O) groups is 2. The van der Waals surface area contributed by atoms with Crippen LogP contribution in [0.15, 0.2) is 53.3 Å². The van der Waals surface area contributed by atoms with Crippen molar-refractivity contribution < 1.29 is 14.3 Å². The van der Waals surface area contributed by atoms with Gasteiger partial charge in [-0.1, -0.05) is 30.7 Å². The van der Waals surface area contributed by atoms with Crippen molar-refractivity contribution in [1.82, 2.24) is 14.9 Å². The zero-order chi connectivity index (χ0) is 22.2. The molecule has 31 heavy (non-hydrogen) atoms. The molecule has 0 aliphatic carbocycles. The van der Waals surface area contributed by atoms with E-state index in [1.165, 1.54) is 7.11 Å². The highest BCUT2D eigenvalue weighted by Gasteiger charge is 2.07. The van der Waals surface area contributed by atoms with E-state index in [2.05, 4.69) is 15.0 Å². The lowest BCUT2D eigenvalue weighted by molar-refractivity contribution is -0.121. The van der Waals surface area contributed by atoms with Gasteiger partial charge in [0.25, 0.3) is 5.56 Å². The molecule has 1 amide bonds. The van der Waals surface area contributed by atoms with Gasteiger partial charge in [0.05, 0.1) is 23.6 Å². The highest BCUT2D eigenvalue weighted by Crippen LogP contribution is 2.08. The number of nitrogens with one attached hydrogen (secondary N) is 2. The lowest BCUT2D eigenvalue weighted by Crippen LogP contribution is -2.23. The van der Waals surface area contributed by atoms with Crippen LogP contribution in [0.3, 0.4) is 0 Å². The Hall–Kier alpha value is -3.26. The van der Waals surface area contributed by atoms with E-state index in [-0.39, 0.29) is 17.4 Å². The third-order valence-corrected chi connectivity index (χ3v) is 5.36. The number of H-pyrrole nitrogens is 1. The summed E-state index contributed by atoms with van der Waals surface area (Å²) in [6.45, 7) is 0.926. The van der Waals surface area contributed by atoms with Gasteiger partial charge in [0.2, 0.25) is 5.91 Å². The van der Waals surface area contributed by atoms with Crippen LogP contribution in [0.1, 0.15) is 41.6 Å². The summed E-state index contributed by atoms with van der Waals surface area (Å²) < 4.78 is 6.66. The number of hydrogen-bond acceptors (Lipinski definition) is 5. The first kappa shape index (κ1) is 22.4. The third kappa shape index (κ3) is 5.88. The Labute approximate surface area is 185 Å². The molecule has 0 fully saturated rings. The van der Waals surface area contributed by atoms with Crippen LogP contribution >= 0.6 is 12.2 Å². The number of aromatic nitrogens is 2. The molecule has 2 N–H and O–H groups in total. The summed E-state index contributed by atoms with van der Waals surface area (Å²) in [6.07, 6.45) is 2.72. The maximum Gasteiger partial charge on any atom is 0.337 e. The summed E-state index contributed by atoms with van der Waals surface area (Å²) in [5.74, 6) is -0.417. The summed E-state index contributed by atoms with van der Waals surface area (Å²) in [5, 5.41) is 3.50. The van der Waals surface area contributed by atoms with Gasteiger partial charge < -0.3 is 15.0 Å². The Morgan fingerprint density at radius 2 is 1.81 bits per heavy atom. The van der Waals surface area contributed by atoms with Gasteiger partial charge >= 0.3 is 5.97 Å². The maximum absolute atomic E-state index is 12.6. The number of unbranched alkanes of at least 4 members (excludes halogenated alkanes) is 2. The minimum atomic E-state index is -0.386. The second-order valence-electron chi connectivity index (χ2n) is 7.21. The van der Waals surface area contributed by atoms with Crippen molar-refractivity contribution in [2.45, 2.75) is 38.8 Å². The van der Waals surface area contributed by atoms with Crippen LogP contribution in [-0.2, 0) is 22.6 Å². The summed E-state index contributed by atoms with van der Waals surface area (Å²) in [7, 11) is 1.34. The lowest BCUT2D eigenvalue weighted by atomic mass is 10.1. The van der Waals surface area contributed by atoms with Crippen molar-refractivity contribution in [2.24, 2.45) is 0 Å². The van der Waals surface area contributed by atoms with E-state index in [0.29, 0.717) is 35.2 Å². The molecule has 0 radical (unpaired) electrons. The predicted octanol–water partition coefficient (Wildman–Crippen LogP) is 3.72. The molecule has 2 aromatic carbocycles. The monoisotopic (exact) mass is 439 g/mol. The molecule has 0 saturated carbocycles. The van der Waals surface area contributed by atoms with E-state index in [0.717, 1.165) is 30.3 Å². The molecule has 0 unspecified atom stereocenters. The number of fused-ring (bicyclic) bond motifs is 1. The molecule has 1 heterocycles. The summed E-state index contributed by atoms with van der Waals surface area (Å²) in [4.78, 5) is 39.2. The van der Waals surface area contributed by atoms with Gasteiger partial charge in [-0.2, -0.15) is 0 Å². The van der Waals surface area contributed by atoms with E-state index in [1.807, 2.05) is 18.2 Å². The van der Waals surface area contributed by atoms with E-state index in [4.69, 9.17) is 12.2 Å². The van der Waals surface area contributed by atoms with Gasteiger partial charge in [-0.15, -0.1) is 0 Å². The number of carbonyl (C=O) groups excluding carboxylic acids is 2. The van der Waals surface area contributed by atoms with Crippen molar-refractivity contribution in [3.63, 3.8) is 0 Å². The maximum atomic E-state index is 12.6. The largest absolute Gasteiger partial charge is 0.465 e. The highest BCUT2D eigenvalue weighted by atomic mass is 32.1. The number of ether oxygens (including phenoxy) is 1. The first-order valence-corrected chi connectivity index (χ1v) is 10.6. The van der Waals surface area contributed by atoms with Crippen LogP contribution in [0.5, 0.6) is 0 Å². The van der Waals surface area contributed by atoms with Crippen LogP contribution < -0.4 is 10.9 Å². The molecule has 0 aliphatic rings. The smallest absolute Gasteiger partial charge is 0.337 e. The Morgan fingerprint density at radius 1 is 1.06 bits per heavy atom. The number of para-hydroxylation sites is 1. The number of nitrogens with zero attached hydrogens (tertiary/aromatic N) is 1. The molecule has 0 aliphatic heterocycles. The van der Waals surface area contributed by atoms with Gasteiger partial charge in [0.15, 0.2) is 4.77 Å². The van der Waals surface area contributed by atoms with Crippen molar-refractivity contribution in [3.8, 4) is 0 Å². The summed E-state index contributed by atoms with van der Waals surface area (Å²) >= 11 is 5.31. The molecule has 7 nitrogen and oxygen atoms in total. The van der Waals surface area contributed by atoms with Crippen LogP contribution in [0.2, 0.25) is 0 Å². The molecule has 0 atom stereocenters. The standard InChI is InChI=1S/C23H25N3O4S/c1-30-22(29)17-12-10-16(11-13-17)15-24-20(27)9-3-2-6-14-26-21(28)18-7-4-5-8-19(18)25-23(26)31/h4-5,7-8,10-13H,2-3,6,9,14-15H2,1H3,(H,24,27)(H,25,31). The van der Waals surface area contributed by atoms with Crippen molar-refractivity contribution in [1.29, 1.82) is 0 Å². The second kappa shape index (κ2) is 10.7. The third-order valence-electron chi connectivity index (χ3n) is 5.04. The Kier molecular flexibility index (Phi) is 7.72. The molecule has 0 bridgehead atoms. The lowest BCUT2D eigenvalue weighted by Gasteiger charge is -2.08. The Bertz CT molecular complexity index is 1180. The molecule has 1 aromatic heterocycles. The van der Waals surface area contributed by atoms with E-state index in [9.17, 15) is 14.4 Å². The summed E-state index contributed by atoms with van der Waals surface area (Å²) in [5.41, 5.74) is 2.04. The van der Waals surface area contributed by atoms with Gasteiger partial charge in [-0.05, 0) is 54.9 Å². The average molecular weight is 440 g/mol. The van der Waals surface area contributed by atoms with E-state index < -0.39 is 0 Å². The van der Waals surface area contributed by atoms with Gasteiger partial charge in [0, 0.05) is 19.5 Å². The minimum Gasteiger partial charge on any atom is -0.465 e. The Balaban J connectivity index is 1.41. The predicted molar refractivity (Wildman–Crippen MR) is 121 cm³/mol. The molecule has 162 valence electrons. The van der Waals surface area contributed by atoms with Crippen LogP contribution in [-0.4, -0.2) is 28.5 Å². The van der Waals surface area contributed by atoms with Crippen LogP contribution in [0.4, 0.5) is 0 Å². The quantitative estimate of drug-likeness (QED) is 0.301. The highest BCUT2D eigenvalue weighted by molar-refractivity contribution is 7.71. The van der Waals surface area contributed by atoms with E-state index >= 15 is 0 Å². The number of methoxy groups -OCH3 is 1. The fourth-order valence-corrected chi connectivity index (χ4v) is 3.58. The van der Waals surface area contributed by atoms with Crippen LogP contribution in [0.25, 0.3) is 10.9 Å². The van der Waals surface area contributed by atoms with Gasteiger partial charge in [0.1, 0.15) is 0 Å². The van der Waals surface area contributed by atoms with Gasteiger partial charge in [-0.3, -0.25) is 14.2 Å². The molecule has 3 rings (SSSR count). The SMILES string of the molecule is COC(=O)c1ccc(CNC(=O)CCCCCn2c(=S)[nH]c3ccccc3c2=O)cc1. The molecule has 8 heteroatoms. The minimum absolute atomic E-state index is 0.0304. The fraction of sp³-hybridized carbons (Fsp3) is 0.304. The molecule has 0 spiro atoms. The fourth-order valence-electron chi connectivity index (χ4n) is 3.30. The van der Waals surface area contributed by atoms with Crippen molar-refractivity contribution in [3.05, 3.63) is 74.8 Å². The number of esters is 1. The number of benzene rings is 2. The number of aromatic amines is 1. The van der Waals surface area contributed by atoms with Crippen molar-refractivity contribution in [2.75, 3.05) is 7.11 Å². The zero-order valence-electron chi connectivity index (χ0n) is 17.3. The summed E-state index contributed by atoms with van der Waals surface area (Å²) in [6, 6.07) is 14.2. The topological polar surface area (TPSA) is 93.2 Å². The Morgan fingerprint density at radius 3 is 2.55 bits per heavy atom. The number of rotatable bonds is 9. The average Bonchev–Trinajstić information content (AvgIpc) is 2.79. The normalized spacial score (nSPS) is 10.7. The molecule has 3 aromatic rings. The number of hydrogen-bond donors (Lipinski definition) is 2. The van der Waals surface area contributed by atoms with Crippen LogP contribution in [0, 0.1) is 4.77 Å². The zero-order valence-corrected chi connectivity index (χ0v) is 18.2. The first-order valence-electron chi connectivity index (χ1n) is 10.2. The first-order chi connectivity index (χ1) is 15.0. The van der Waals surface area contributed by atoms with Gasteiger partial charge in [-0.25, -0.2) is 4.79 Å². The second-order valence-corrected chi connectivity index (χ2v) is 7.60.